The Balaban J connectivity index is 2.23. The molecule has 0 amide bonds. The Morgan fingerprint density at radius 2 is 1.85 bits per heavy atom. The molecule has 4 nitrogen and oxygen atoms in total. The molecule has 0 atom stereocenters. The summed E-state index contributed by atoms with van der Waals surface area (Å²) < 4.78 is 14.5. The van der Waals surface area contributed by atoms with Gasteiger partial charge in [0.15, 0.2) is 5.78 Å². The molecule has 27 heavy (non-hydrogen) atoms. The molecule has 1 aromatic heterocycles. The fraction of sp³-hybridized carbons (Fsp3) is 0.100. The van der Waals surface area contributed by atoms with Gasteiger partial charge in [-0.2, -0.15) is 0 Å². The van der Waals surface area contributed by atoms with E-state index in [2.05, 4.69) is 0 Å². The highest BCUT2D eigenvalue weighted by atomic mass is 35.5. The number of pyridine rings is 1. The van der Waals surface area contributed by atoms with Crippen LogP contribution >= 0.6 is 23.4 Å². The number of carbonyl (C=O) groups excluding carboxylic acids is 1. The predicted molar refractivity (Wildman–Crippen MR) is 107 cm³/mol. The second-order valence-electron chi connectivity index (χ2n) is 6.00. The summed E-state index contributed by atoms with van der Waals surface area (Å²) in [5, 5.41) is 0.299. The lowest BCUT2D eigenvalue weighted by Crippen LogP contribution is -2.23. The molecule has 0 saturated carbocycles. The maximum atomic E-state index is 13.2. The van der Waals surface area contributed by atoms with E-state index in [1.165, 1.54) is 41.6 Å². The summed E-state index contributed by atoms with van der Waals surface area (Å²) in [6.07, 6.45) is 1.49. The van der Waals surface area contributed by atoms with Crippen molar-refractivity contribution in [1.29, 1.82) is 0 Å². The van der Waals surface area contributed by atoms with Gasteiger partial charge in [0, 0.05) is 22.3 Å². The van der Waals surface area contributed by atoms with Crippen molar-refractivity contribution in [2.75, 3.05) is 5.73 Å². The average molecular weight is 403 g/mol. The minimum Gasteiger partial charge on any atom is -0.399 e. The number of halogens is 2. The third-order valence-corrected chi connectivity index (χ3v) is 5.56. The highest BCUT2D eigenvalue weighted by Crippen LogP contribution is 2.31. The van der Waals surface area contributed by atoms with E-state index in [-0.39, 0.29) is 17.2 Å². The molecule has 0 bridgehead atoms. The molecule has 3 rings (SSSR count). The molecule has 1 heterocycles. The number of anilines is 1. The van der Waals surface area contributed by atoms with E-state index in [9.17, 15) is 14.0 Å². The van der Waals surface area contributed by atoms with E-state index in [1.807, 2.05) is 0 Å². The molecule has 3 aromatic rings. The highest BCUT2D eigenvalue weighted by molar-refractivity contribution is 7.99. The van der Waals surface area contributed by atoms with Crippen LogP contribution in [0.25, 0.3) is 5.69 Å². The van der Waals surface area contributed by atoms with Crippen LogP contribution in [0.3, 0.4) is 0 Å². The zero-order valence-corrected chi connectivity index (χ0v) is 16.2. The van der Waals surface area contributed by atoms with Crippen LogP contribution in [0.2, 0.25) is 5.02 Å². The molecule has 138 valence electrons. The number of carbonyl (C=O) groups is 1. The summed E-state index contributed by atoms with van der Waals surface area (Å²) in [6.45, 7) is 3.16. The summed E-state index contributed by atoms with van der Waals surface area (Å²) in [7, 11) is 0. The van der Waals surface area contributed by atoms with Gasteiger partial charge in [0.2, 0.25) is 0 Å². The second kappa shape index (κ2) is 7.58. The topological polar surface area (TPSA) is 65.1 Å². The van der Waals surface area contributed by atoms with Gasteiger partial charge in [-0.15, -0.1) is 0 Å². The smallest absolute Gasteiger partial charge is 0.269 e. The molecular formula is C20H16ClFN2O2S. The van der Waals surface area contributed by atoms with Crippen molar-refractivity contribution in [2.24, 2.45) is 0 Å². The van der Waals surface area contributed by atoms with Crippen LogP contribution < -0.4 is 11.3 Å². The first-order chi connectivity index (χ1) is 12.8. The zero-order chi connectivity index (χ0) is 19.7. The minimum absolute atomic E-state index is 0.172. The molecular weight excluding hydrogens is 387 g/mol. The highest BCUT2D eigenvalue weighted by Gasteiger charge is 2.18. The zero-order valence-electron chi connectivity index (χ0n) is 14.6. The number of hydrogen-bond acceptors (Lipinski definition) is 4. The van der Waals surface area contributed by atoms with Gasteiger partial charge in [-0.3, -0.25) is 14.2 Å². The largest absolute Gasteiger partial charge is 0.399 e. The van der Waals surface area contributed by atoms with Gasteiger partial charge in [0.1, 0.15) is 5.82 Å². The van der Waals surface area contributed by atoms with Gasteiger partial charge in [0.25, 0.3) is 5.56 Å². The Bertz CT molecular complexity index is 1090. The van der Waals surface area contributed by atoms with Gasteiger partial charge < -0.3 is 5.73 Å². The Kier molecular flexibility index (Phi) is 5.39. The predicted octanol–water partition coefficient (Wildman–Crippen LogP) is 4.87. The maximum absolute atomic E-state index is 13.2. The SMILES string of the molecule is CC(=O)c1cn(-c2ccc(N)cc2Cl)c(=O)c(Sc2ccc(F)cc2)c1C. The molecule has 0 aliphatic rings. The average Bonchev–Trinajstić information content (AvgIpc) is 2.61. The molecule has 2 aromatic carbocycles. The number of Topliss-reactive ketones (excluding diaryl/α,β-unsaturated/α-hetero) is 1. The summed E-state index contributed by atoms with van der Waals surface area (Å²) in [5.41, 5.74) is 7.29. The van der Waals surface area contributed by atoms with Crippen LogP contribution in [0, 0.1) is 12.7 Å². The summed E-state index contributed by atoms with van der Waals surface area (Å²) in [5.74, 6) is -0.534. The first-order valence-corrected chi connectivity index (χ1v) is 9.23. The molecule has 0 saturated heterocycles. The number of nitrogens with two attached hydrogens (primary N) is 1. The van der Waals surface area contributed by atoms with E-state index < -0.39 is 0 Å². The molecule has 0 aliphatic carbocycles. The van der Waals surface area contributed by atoms with E-state index in [0.29, 0.717) is 37.3 Å². The van der Waals surface area contributed by atoms with E-state index in [1.54, 1.807) is 37.3 Å². The summed E-state index contributed by atoms with van der Waals surface area (Å²) in [4.78, 5) is 26.3. The first kappa shape index (κ1) is 19.2. The second-order valence-corrected chi connectivity index (χ2v) is 7.49. The van der Waals surface area contributed by atoms with E-state index in [0.717, 1.165) is 0 Å². The van der Waals surface area contributed by atoms with Crippen LogP contribution in [-0.2, 0) is 0 Å². The van der Waals surface area contributed by atoms with Crippen molar-refractivity contribution in [2.45, 2.75) is 23.6 Å². The van der Waals surface area contributed by atoms with Gasteiger partial charge in [-0.05, 0) is 61.9 Å². The lowest BCUT2D eigenvalue weighted by atomic mass is 10.1. The fourth-order valence-electron chi connectivity index (χ4n) is 2.67. The minimum atomic E-state index is -0.361. The van der Waals surface area contributed by atoms with Gasteiger partial charge in [0.05, 0.1) is 15.6 Å². The van der Waals surface area contributed by atoms with Gasteiger partial charge in [-0.25, -0.2) is 4.39 Å². The van der Waals surface area contributed by atoms with Crippen molar-refractivity contribution in [1.82, 2.24) is 4.57 Å². The van der Waals surface area contributed by atoms with Crippen LogP contribution in [0.1, 0.15) is 22.8 Å². The Hall–Kier alpha value is -2.57. The molecule has 0 fully saturated rings. The fourth-order valence-corrected chi connectivity index (χ4v) is 3.91. The van der Waals surface area contributed by atoms with Crippen LogP contribution in [0.5, 0.6) is 0 Å². The van der Waals surface area contributed by atoms with E-state index in [4.69, 9.17) is 17.3 Å². The molecule has 0 spiro atoms. The monoisotopic (exact) mass is 402 g/mol. The summed E-state index contributed by atoms with van der Waals surface area (Å²) in [6, 6.07) is 10.6. The van der Waals surface area contributed by atoms with Crippen molar-refractivity contribution < 1.29 is 9.18 Å². The van der Waals surface area contributed by atoms with Crippen molar-refractivity contribution in [3.05, 3.63) is 81.0 Å². The molecule has 0 unspecified atom stereocenters. The van der Waals surface area contributed by atoms with Gasteiger partial charge in [-0.1, -0.05) is 23.4 Å². The number of ketones is 1. The number of rotatable bonds is 4. The number of benzene rings is 2. The maximum Gasteiger partial charge on any atom is 0.269 e. The number of nitrogens with zero attached hydrogens (tertiary/aromatic N) is 1. The third-order valence-electron chi connectivity index (χ3n) is 4.06. The van der Waals surface area contributed by atoms with E-state index >= 15 is 0 Å². The number of nitrogen functional groups attached to an aromatic ring is 1. The normalized spacial score (nSPS) is 10.8. The van der Waals surface area contributed by atoms with Crippen LogP contribution in [0.15, 0.2) is 63.2 Å². The standard InChI is InChI=1S/C20H16ClFN2O2S/c1-11-16(12(2)25)10-24(18-8-5-14(23)9-17(18)21)20(26)19(11)27-15-6-3-13(22)4-7-15/h3-10H,23H2,1-2H3. The van der Waals surface area contributed by atoms with Crippen LogP contribution in [-0.4, -0.2) is 10.4 Å². The van der Waals surface area contributed by atoms with Crippen molar-refractivity contribution in [3.8, 4) is 5.69 Å². The Morgan fingerprint density at radius 1 is 1.19 bits per heavy atom. The first-order valence-electron chi connectivity index (χ1n) is 8.04. The number of aromatic nitrogens is 1. The van der Waals surface area contributed by atoms with Gasteiger partial charge >= 0.3 is 0 Å². The summed E-state index contributed by atoms with van der Waals surface area (Å²) >= 11 is 7.44. The lowest BCUT2D eigenvalue weighted by molar-refractivity contribution is 0.101. The molecule has 0 radical (unpaired) electrons. The van der Waals surface area contributed by atoms with Crippen molar-refractivity contribution in [3.63, 3.8) is 0 Å². The molecule has 2 N–H and O–H groups in total. The van der Waals surface area contributed by atoms with Crippen LogP contribution in [0.4, 0.5) is 10.1 Å². The Labute approximate surface area is 164 Å². The molecule has 0 aliphatic heterocycles. The third kappa shape index (κ3) is 3.91. The molecule has 7 heteroatoms. The lowest BCUT2D eigenvalue weighted by Gasteiger charge is -2.15. The Morgan fingerprint density at radius 3 is 2.44 bits per heavy atom. The van der Waals surface area contributed by atoms with Crippen molar-refractivity contribution >= 4 is 34.8 Å². The number of hydrogen-bond donors (Lipinski definition) is 1. The quantitative estimate of drug-likeness (QED) is 0.499.